The van der Waals surface area contributed by atoms with Crippen LogP contribution in [0.25, 0.3) is 0 Å². The molecule has 6 heteroatoms. The molecule has 2 aromatic rings. The molecule has 114 valence electrons. The maximum Gasteiger partial charge on any atom is 0.240 e. The highest BCUT2D eigenvalue weighted by atomic mass is 35.5. The number of likely N-dealkylation sites (N-methyl/N-ethyl adjacent to an activating group) is 1. The van der Waals surface area contributed by atoms with Crippen molar-refractivity contribution < 1.29 is 9.26 Å². The van der Waals surface area contributed by atoms with Crippen molar-refractivity contribution in [3.8, 4) is 5.75 Å². The van der Waals surface area contributed by atoms with E-state index in [2.05, 4.69) is 22.0 Å². The van der Waals surface area contributed by atoms with Gasteiger partial charge in [-0.25, -0.2) is 0 Å². The number of halogens is 1. The summed E-state index contributed by atoms with van der Waals surface area (Å²) < 4.78 is 10.9. The van der Waals surface area contributed by atoms with Gasteiger partial charge in [-0.3, -0.25) is 4.90 Å². The average molecular weight is 310 g/mol. The zero-order chi connectivity index (χ0) is 15.1. The van der Waals surface area contributed by atoms with Gasteiger partial charge in [-0.05, 0) is 37.7 Å². The van der Waals surface area contributed by atoms with Crippen LogP contribution in [-0.2, 0) is 13.0 Å². The first-order valence-electron chi connectivity index (χ1n) is 7.05. The van der Waals surface area contributed by atoms with E-state index in [1.165, 1.54) is 0 Å². The third-order valence-corrected chi connectivity index (χ3v) is 3.20. The van der Waals surface area contributed by atoms with E-state index in [1.807, 2.05) is 31.3 Å². The summed E-state index contributed by atoms with van der Waals surface area (Å²) in [5.41, 5.74) is 0. The molecule has 0 fully saturated rings. The Morgan fingerprint density at radius 1 is 1.29 bits per heavy atom. The Bertz CT molecular complexity index is 542. The van der Waals surface area contributed by atoms with Crippen LogP contribution in [0.2, 0.25) is 5.02 Å². The van der Waals surface area contributed by atoms with Crippen molar-refractivity contribution in [2.24, 2.45) is 0 Å². The summed E-state index contributed by atoms with van der Waals surface area (Å²) in [4.78, 5) is 6.42. The Morgan fingerprint density at radius 3 is 2.76 bits per heavy atom. The summed E-state index contributed by atoms with van der Waals surface area (Å²) in [7, 11) is 1.99. The molecule has 0 aliphatic carbocycles. The summed E-state index contributed by atoms with van der Waals surface area (Å²) in [5, 5.41) is 4.65. The summed E-state index contributed by atoms with van der Waals surface area (Å²) in [6.07, 6.45) is 1.87. The molecule has 0 radical (unpaired) electrons. The Hall–Kier alpha value is -1.59. The van der Waals surface area contributed by atoms with E-state index in [-0.39, 0.29) is 0 Å². The molecule has 0 saturated heterocycles. The second-order valence-electron chi connectivity index (χ2n) is 4.89. The van der Waals surface area contributed by atoms with Crippen molar-refractivity contribution in [3.05, 3.63) is 41.0 Å². The van der Waals surface area contributed by atoms with Gasteiger partial charge in [0.25, 0.3) is 0 Å². The molecule has 0 unspecified atom stereocenters. The number of aryl methyl sites for hydroxylation is 1. The van der Waals surface area contributed by atoms with Gasteiger partial charge in [0.1, 0.15) is 12.4 Å². The van der Waals surface area contributed by atoms with E-state index >= 15 is 0 Å². The molecular weight excluding hydrogens is 290 g/mol. The fraction of sp³-hybridized carbons (Fsp3) is 0.467. The lowest BCUT2D eigenvalue weighted by Gasteiger charge is -2.14. The van der Waals surface area contributed by atoms with Crippen LogP contribution in [0.1, 0.15) is 25.1 Å². The van der Waals surface area contributed by atoms with Crippen LogP contribution >= 0.6 is 11.6 Å². The van der Waals surface area contributed by atoms with E-state index in [9.17, 15) is 0 Å². The first-order valence-corrected chi connectivity index (χ1v) is 7.43. The van der Waals surface area contributed by atoms with Crippen molar-refractivity contribution in [1.29, 1.82) is 0 Å². The number of rotatable bonds is 8. The molecule has 0 aliphatic rings. The van der Waals surface area contributed by atoms with Gasteiger partial charge >= 0.3 is 0 Å². The van der Waals surface area contributed by atoms with Crippen LogP contribution in [-0.4, -0.2) is 35.2 Å². The van der Waals surface area contributed by atoms with E-state index in [1.54, 1.807) is 0 Å². The third kappa shape index (κ3) is 5.36. The number of hydrogen-bond acceptors (Lipinski definition) is 5. The molecule has 0 saturated carbocycles. The van der Waals surface area contributed by atoms with Gasteiger partial charge in [0, 0.05) is 18.0 Å². The molecular formula is C15H20ClN3O2. The summed E-state index contributed by atoms with van der Waals surface area (Å²) in [6.45, 7) is 4.08. The minimum atomic E-state index is 0.591. The summed E-state index contributed by atoms with van der Waals surface area (Å²) in [6, 6.07) is 7.34. The number of aromatic nitrogens is 2. The predicted octanol–water partition coefficient (Wildman–Crippen LogP) is 3.19. The lowest BCUT2D eigenvalue weighted by Crippen LogP contribution is -2.24. The lowest BCUT2D eigenvalue weighted by molar-refractivity contribution is 0.212. The lowest BCUT2D eigenvalue weighted by atomic mass is 10.3. The van der Waals surface area contributed by atoms with Gasteiger partial charge in [-0.1, -0.05) is 23.7 Å². The predicted molar refractivity (Wildman–Crippen MR) is 81.6 cm³/mol. The minimum absolute atomic E-state index is 0.591. The van der Waals surface area contributed by atoms with Crippen LogP contribution < -0.4 is 4.74 Å². The fourth-order valence-corrected chi connectivity index (χ4v) is 1.97. The molecule has 2 rings (SSSR count). The van der Waals surface area contributed by atoms with Crippen LogP contribution in [0, 0.1) is 0 Å². The van der Waals surface area contributed by atoms with Crippen LogP contribution in [0.5, 0.6) is 5.75 Å². The van der Waals surface area contributed by atoms with Crippen molar-refractivity contribution in [1.82, 2.24) is 15.0 Å². The zero-order valence-electron chi connectivity index (χ0n) is 12.4. The van der Waals surface area contributed by atoms with Gasteiger partial charge in [-0.2, -0.15) is 4.98 Å². The smallest absolute Gasteiger partial charge is 0.240 e. The van der Waals surface area contributed by atoms with E-state index in [0.29, 0.717) is 24.1 Å². The van der Waals surface area contributed by atoms with Crippen molar-refractivity contribution in [2.45, 2.75) is 26.3 Å². The molecule has 0 amide bonds. The number of nitrogens with zero attached hydrogens (tertiary/aromatic N) is 3. The highest BCUT2D eigenvalue weighted by Crippen LogP contribution is 2.15. The maximum absolute atomic E-state index is 5.82. The molecule has 0 atom stereocenters. The van der Waals surface area contributed by atoms with Crippen LogP contribution in [0.4, 0.5) is 0 Å². The third-order valence-electron chi connectivity index (χ3n) is 2.94. The largest absolute Gasteiger partial charge is 0.492 e. The maximum atomic E-state index is 5.82. The Kier molecular flexibility index (Phi) is 6.02. The zero-order valence-corrected chi connectivity index (χ0v) is 13.1. The number of ether oxygens (including phenoxy) is 1. The van der Waals surface area contributed by atoms with Crippen molar-refractivity contribution in [3.63, 3.8) is 0 Å². The van der Waals surface area contributed by atoms with E-state index in [0.717, 1.165) is 31.0 Å². The van der Waals surface area contributed by atoms with Crippen molar-refractivity contribution >= 4 is 11.6 Å². The molecule has 1 heterocycles. The summed E-state index contributed by atoms with van der Waals surface area (Å²) >= 11 is 5.82. The minimum Gasteiger partial charge on any atom is -0.492 e. The highest BCUT2D eigenvalue weighted by molar-refractivity contribution is 6.30. The van der Waals surface area contributed by atoms with Gasteiger partial charge in [0.15, 0.2) is 5.82 Å². The molecule has 5 nitrogen and oxygen atoms in total. The van der Waals surface area contributed by atoms with E-state index < -0.39 is 0 Å². The average Bonchev–Trinajstić information content (AvgIpc) is 2.89. The quantitative estimate of drug-likeness (QED) is 0.749. The molecule has 0 aliphatic heterocycles. The highest BCUT2D eigenvalue weighted by Gasteiger charge is 2.08. The molecule has 1 aromatic carbocycles. The van der Waals surface area contributed by atoms with Gasteiger partial charge in [0.05, 0.1) is 6.54 Å². The Balaban J connectivity index is 1.71. The molecule has 0 bridgehead atoms. The van der Waals surface area contributed by atoms with Gasteiger partial charge in [0.2, 0.25) is 5.89 Å². The number of benzene rings is 1. The monoisotopic (exact) mass is 309 g/mol. The Morgan fingerprint density at radius 2 is 2.05 bits per heavy atom. The van der Waals surface area contributed by atoms with Gasteiger partial charge in [-0.15, -0.1) is 0 Å². The standard InChI is InChI=1S/C15H20ClN3O2/c1-3-4-14-17-15(21-18-14)11-19(2)9-10-20-13-7-5-12(16)6-8-13/h5-8H,3-4,9-11H2,1-2H3. The van der Waals surface area contributed by atoms with E-state index in [4.69, 9.17) is 20.9 Å². The second kappa shape index (κ2) is 8.00. The molecule has 21 heavy (non-hydrogen) atoms. The summed E-state index contributed by atoms with van der Waals surface area (Å²) in [5.74, 6) is 2.24. The van der Waals surface area contributed by atoms with Crippen LogP contribution in [0.3, 0.4) is 0 Å². The topological polar surface area (TPSA) is 51.4 Å². The molecule has 0 N–H and O–H groups in total. The molecule has 0 spiro atoms. The number of hydrogen-bond donors (Lipinski definition) is 0. The molecule has 1 aromatic heterocycles. The second-order valence-corrected chi connectivity index (χ2v) is 5.33. The normalized spacial score (nSPS) is 11.0. The first-order chi connectivity index (χ1) is 10.2. The fourth-order valence-electron chi connectivity index (χ4n) is 1.84. The van der Waals surface area contributed by atoms with Crippen molar-refractivity contribution in [2.75, 3.05) is 20.2 Å². The van der Waals surface area contributed by atoms with Crippen LogP contribution in [0.15, 0.2) is 28.8 Å². The SMILES string of the molecule is CCCc1noc(CN(C)CCOc2ccc(Cl)cc2)n1. The van der Waals surface area contributed by atoms with Gasteiger partial charge < -0.3 is 9.26 Å². The Labute approximate surface area is 129 Å². The first kappa shape index (κ1) is 15.8.